The highest BCUT2D eigenvalue weighted by Gasteiger charge is 2.32. The van der Waals surface area contributed by atoms with E-state index in [1.807, 2.05) is 79.9 Å². The topological polar surface area (TPSA) is 78.9 Å². The monoisotopic (exact) mass is 560 g/mol. The Hall–Kier alpha value is -3.29. The molecule has 3 aromatic carbocycles. The average Bonchev–Trinajstić information content (AvgIpc) is 3.36. The van der Waals surface area contributed by atoms with E-state index in [0.717, 1.165) is 53.9 Å². The first kappa shape index (κ1) is 29.7. The van der Waals surface area contributed by atoms with Gasteiger partial charge in [0.1, 0.15) is 18.4 Å². The van der Waals surface area contributed by atoms with Gasteiger partial charge in [-0.3, -0.25) is 9.69 Å². The minimum Gasteiger partial charge on any atom is -0.492 e. The van der Waals surface area contributed by atoms with Crippen molar-refractivity contribution in [2.45, 2.75) is 51.7 Å². The summed E-state index contributed by atoms with van der Waals surface area (Å²) in [6.45, 7) is 6.68. The van der Waals surface area contributed by atoms with Crippen molar-refractivity contribution in [3.8, 4) is 16.9 Å². The van der Waals surface area contributed by atoms with E-state index in [2.05, 4.69) is 23.2 Å². The highest BCUT2D eigenvalue weighted by atomic mass is 32.2. The number of likely N-dealkylation sites (tertiary alicyclic amines) is 1. The molecule has 3 atom stereocenters. The molecule has 2 N–H and O–H groups in total. The van der Waals surface area contributed by atoms with E-state index in [9.17, 15) is 14.7 Å². The Morgan fingerprint density at radius 3 is 2.52 bits per heavy atom. The van der Waals surface area contributed by atoms with Gasteiger partial charge in [0.05, 0.1) is 0 Å². The van der Waals surface area contributed by atoms with Gasteiger partial charge in [-0.1, -0.05) is 61.9 Å². The lowest BCUT2D eigenvalue weighted by atomic mass is 9.93. The summed E-state index contributed by atoms with van der Waals surface area (Å²) in [7, 11) is 0. The molecule has 1 saturated heterocycles. The van der Waals surface area contributed by atoms with Crippen LogP contribution in [0, 0.1) is 12.8 Å². The summed E-state index contributed by atoms with van der Waals surface area (Å²) in [6.07, 6.45) is 4.53. The fourth-order valence-corrected chi connectivity index (χ4v) is 5.88. The molecule has 0 aromatic heterocycles. The number of rotatable bonds is 13. The number of nitrogens with zero attached hydrogens (tertiary/aromatic N) is 1. The number of para-hydroxylation sites is 1. The van der Waals surface area contributed by atoms with Crippen LogP contribution in [0.5, 0.6) is 5.75 Å². The first-order valence-electron chi connectivity index (χ1n) is 14.0. The number of aliphatic carboxylic acids is 1. The molecule has 40 heavy (non-hydrogen) atoms. The van der Waals surface area contributed by atoms with Crippen LogP contribution < -0.4 is 10.1 Å². The van der Waals surface area contributed by atoms with Crippen molar-refractivity contribution in [3.63, 3.8) is 0 Å². The Morgan fingerprint density at radius 1 is 1.07 bits per heavy atom. The van der Waals surface area contributed by atoms with E-state index in [1.54, 1.807) is 11.8 Å². The van der Waals surface area contributed by atoms with Crippen LogP contribution in [0.1, 0.15) is 47.7 Å². The van der Waals surface area contributed by atoms with Crippen LogP contribution in [0.15, 0.2) is 72.8 Å². The summed E-state index contributed by atoms with van der Waals surface area (Å²) in [5.74, 6) is 0.792. The van der Waals surface area contributed by atoms with Gasteiger partial charge in [0, 0.05) is 24.7 Å². The fraction of sp³-hybridized carbons (Fsp3) is 0.394. The second-order valence-corrected chi connectivity index (χ2v) is 11.5. The van der Waals surface area contributed by atoms with E-state index < -0.39 is 12.0 Å². The number of hydrogen-bond donors (Lipinski definition) is 2. The number of ether oxygens (including phenoxy) is 1. The van der Waals surface area contributed by atoms with Crippen molar-refractivity contribution < 1.29 is 19.4 Å². The fourth-order valence-electron chi connectivity index (χ4n) is 5.41. The number of carboxylic acids is 1. The van der Waals surface area contributed by atoms with Gasteiger partial charge >= 0.3 is 5.97 Å². The lowest BCUT2D eigenvalue weighted by Gasteiger charge is -2.25. The maximum Gasteiger partial charge on any atom is 0.326 e. The van der Waals surface area contributed by atoms with Crippen LogP contribution in [0.3, 0.4) is 0 Å². The Kier molecular flexibility index (Phi) is 10.7. The molecule has 212 valence electrons. The van der Waals surface area contributed by atoms with Crippen LogP contribution in [0.25, 0.3) is 11.1 Å². The second kappa shape index (κ2) is 14.4. The molecule has 1 aliphatic heterocycles. The van der Waals surface area contributed by atoms with Gasteiger partial charge in [-0.2, -0.15) is 11.8 Å². The Balaban J connectivity index is 1.59. The number of hydrogen-bond acceptors (Lipinski definition) is 5. The molecule has 1 unspecified atom stereocenters. The number of nitrogens with one attached hydrogen (secondary N) is 1. The summed E-state index contributed by atoms with van der Waals surface area (Å²) in [5, 5.41) is 12.4. The summed E-state index contributed by atoms with van der Waals surface area (Å²) >= 11 is 1.56. The third-order valence-electron chi connectivity index (χ3n) is 7.74. The van der Waals surface area contributed by atoms with E-state index in [-0.39, 0.29) is 5.91 Å². The van der Waals surface area contributed by atoms with Crippen molar-refractivity contribution in [2.75, 3.05) is 25.2 Å². The highest BCUT2D eigenvalue weighted by molar-refractivity contribution is 7.98. The van der Waals surface area contributed by atoms with Gasteiger partial charge in [-0.15, -0.1) is 0 Å². The molecule has 0 aliphatic carbocycles. The van der Waals surface area contributed by atoms with Crippen LogP contribution in [0.2, 0.25) is 0 Å². The minimum atomic E-state index is -1.01. The number of carbonyl (C=O) groups excluding carboxylic acids is 1. The van der Waals surface area contributed by atoms with E-state index in [4.69, 9.17) is 4.74 Å². The van der Waals surface area contributed by atoms with Gasteiger partial charge in [0.2, 0.25) is 0 Å². The number of carbonyl (C=O) groups is 2. The Morgan fingerprint density at radius 2 is 1.82 bits per heavy atom. The predicted molar refractivity (Wildman–Crippen MR) is 163 cm³/mol. The second-order valence-electron chi connectivity index (χ2n) is 10.6. The van der Waals surface area contributed by atoms with Gasteiger partial charge in [-0.25, -0.2) is 4.79 Å². The zero-order valence-electron chi connectivity index (χ0n) is 23.6. The molecule has 7 heteroatoms. The van der Waals surface area contributed by atoms with Crippen LogP contribution >= 0.6 is 11.8 Å². The predicted octanol–water partition coefficient (Wildman–Crippen LogP) is 6.28. The van der Waals surface area contributed by atoms with Crippen molar-refractivity contribution in [1.82, 2.24) is 10.2 Å². The maximum absolute atomic E-state index is 13.4. The first-order valence-corrected chi connectivity index (χ1v) is 15.4. The molecule has 1 aliphatic rings. The van der Waals surface area contributed by atoms with E-state index in [1.165, 1.54) is 0 Å². The normalized spacial score (nSPS) is 17.9. The van der Waals surface area contributed by atoms with Crippen molar-refractivity contribution >= 4 is 23.6 Å². The van der Waals surface area contributed by atoms with Gasteiger partial charge in [0.25, 0.3) is 5.91 Å². The van der Waals surface area contributed by atoms with E-state index >= 15 is 0 Å². The maximum atomic E-state index is 13.4. The van der Waals surface area contributed by atoms with Gasteiger partial charge in [0.15, 0.2) is 0 Å². The number of aryl methyl sites for hydroxylation is 1. The zero-order chi connectivity index (χ0) is 28.5. The zero-order valence-corrected chi connectivity index (χ0v) is 24.5. The quantitative estimate of drug-likeness (QED) is 0.256. The third-order valence-corrected chi connectivity index (χ3v) is 8.38. The molecular formula is C33H40N2O4S. The van der Waals surface area contributed by atoms with Crippen molar-refractivity contribution in [2.24, 2.45) is 5.92 Å². The first-order chi connectivity index (χ1) is 19.4. The molecule has 1 heterocycles. The SMILES string of the molecule is CC[C@@H]1CC(COc2ccccc2)N(Cc2ccc(C(=O)N[C@@H](CCSC)C(=O)O)c(-c3ccccc3C)c2)C1. The molecule has 0 saturated carbocycles. The van der Waals surface area contributed by atoms with Crippen LogP contribution in [-0.2, 0) is 11.3 Å². The van der Waals surface area contributed by atoms with Crippen LogP contribution in [-0.4, -0.2) is 59.1 Å². The van der Waals surface area contributed by atoms with E-state index in [0.29, 0.717) is 36.3 Å². The molecule has 6 nitrogen and oxygen atoms in total. The summed E-state index contributed by atoms with van der Waals surface area (Å²) in [6, 6.07) is 23.3. The Bertz CT molecular complexity index is 1280. The largest absolute Gasteiger partial charge is 0.492 e. The molecule has 4 rings (SSSR count). The summed E-state index contributed by atoms with van der Waals surface area (Å²) < 4.78 is 6.15. The third kappa shape index (κ3) is 7.67. The molecule has 0 bridgehead atoms. The molecule has 1 fully saturated rings. The number of amides is 1. The smallest absolute Gasteiger partial charge is 0.326 e. The molecule has 1 amide bonds. The average molecular weight is 561 g/mol. The number of thioether (sulfide) groups is 1. The van der Waals surface area contributed by atoms with Gasteiger partial charge < -0.3 is 15.2 Å². The lowest BCUT2D eigenvalue weighted by Crippen LogP contribution is -2.41. The lowest BCUT2D eigenvalue weighted by molar-refractivity contribution is -0.139. The van der Waals surface area contributed by atoms with Crippen LogP contribution in [0.4, 0.5) is 0 Å². The van der Waals surface area contributed by atoms with Crippen molar-refractivity contribution in [1.29, 1.82) is 0 Å². The Labute approximate surface area is 242 Å². The molecule has 0 spiro atoms. The molecule has 3 aromatic rings. The summed E-state index contributed by atoms with van der Waals surface area (Å²) in [4.78, 5) is 27.7. The van der Waals surface area contributed by atoms with Crippen molar-refractivity contribution in [3.05, 3.63) is 89.5 Å². The molecule has 0 radical (unpaired) electrons. The van der Waals surface area contributed by atoms with Gasteiger partial charge in [-0.05, 0) is 84.2 Å². The highest BCUT2D eigenvalue weighted by Crippen LogP contribution is 2.32. The summed E-state index contributed by atoms with van der Waals surface area (Å²) in [5.41, 5.74) is 4.47. The minimum absolute atomic E-state index is 0.308. The number of carboxylic acid groups (broad SMARTS) is 1. The standard InChI is InChI=1S/C33H40N2O4S/c1-4-24-18-26(22-39-27-11-6-5-7-12-27)35(20-24)21-25-14-15-29(30(19-25)28-13-9-8-10-23(28)2)32(36)34-31(33(37)38)16-17-40-3/h5-15,19,24,26,31H,4,16-18,20-22H2,1-3H3,(H,34,36)(H,37,38)/t24-,26?,31+/m1/s1. The molecular weight excluding hydrogens is 520 g/mol. The number of benzene rings is 3.